The highest BCUT2D eigenvalue weighted by Crippen LogP contribution is 2.23. The molecule has 0 aromatic carbocycles. The van der Waals surface area contributed by atoms with Crippen molar-refractivity contribution in [1.29, 1.82) is 0 Å². The minimum absolute atomic E-state index is 0.0703. The predicted molar refractivity (Wildman–Crippen MR) is 73.7 cm³/mol. The lowest BCUT2D eigenvalue weighted by molar-refractivity contribution is -0.114. The molecule has 0 bridgehead atoms. The molecule has 106 valence electrons. The summed E-state index contributed by atoms with van der Waals surface area (Å²) < 4.78 is 5.40. The first-order chi connectivity index (χ1) is 8.83. The normalized spacial score (nSPS) is 19.7. The number of Topliss-reactive ketones (excluding diaryl/α,β-unsaturated/α-hetero) is 1. The Morgan fingerprint density at radius 1 is 1.37 bits per heavy atom. The number of ketones is 1. The molecule has 0 N–H and O–H groups in total. The number of rotatable bonds is 3. The van der Waals surface area contributed by atoms with Gasteiger partial charge in [-0.2, -0.15) is 0 Å². The number of carbonyl (C=O) groups excluding carboxylic acids is 2. The maximum atomic E-state index is 12.1. The molecule has 4 nitrogen and oxygen atoms in total. The molecule has 1 saturated heterocycles. The van der Waals surface area contributed by atoms with Gasteiger partial charge in [-0.3, -0.25) is 4.79 Å². The van der Waals surface area contributed by atoms with Gasteiger partial charge in [0.2, 0.25) is 5.78 Å². The fraction of sp³-hybridized carbons (Fsp3) is 0.733. The third-order valence-corrected chi connectivity index (χ3v) is 3.12. The average Bonchev–Trinajstić information content (AvgIpc) is 2.34. The van der Waals surface area contributed by atoms with Crippen molar-refractivity contribution >= 4 is 11.9 Å². The Bertz CT molecular complexity index is 376. The second-order valence-corrected chi connectivity index (χ2v) is 5.93. The quantitative estimate of drug-likeness (QED) is 0.582. The Labute approximate surface area is 115 Å². The van der Waals surface area contributed by atoms with E-state index in [1.165, 1.54) is 0 Å². The SMILES string of the molecule is C#CC(=O)CCC1CCCCN1C(=O)OC(C)(C)C. The maximum Gasteiger partial charge on any atom is 0.410 e. The molecule has 1 atom stereocenters. The Morgan fingerprint density at radius 2 is 2.05 bits per heavy atom. The van der Waals surface area contributed by atoms with E-state index in [4.69, 9.17) is 11.2 Å². The van der Waals surface area contributed by atoms with Gasteiger partial charge in [0.1, 0.15) is 5.60 Å². The molecule has 1 rings (SSSR count). The molecule has 1 fully saturated rings. The van der Waals surface area contributed by atoms with Crippen molar-refractivity contribution in [1.82, 2.24) is 4.90 Å². The molecule has 1 amide bonds. The van der Waals surface area contributed by atoms with Gasteiger partial charge in [0.15, 0.2) is 0 Å². The maximum absolute atomic E-state index is 12.1. The highest BCUT2D eigenvalue weighted by molar-refractivity contribution is 5.94. The van der Waals surface area contributed by atoms with Crippen LogP contribution in [0.15, 0.2) is 0 Å². The van der Waals surface area contributed by atoms with Crippen molar-refractivity contribution in [3.63, 3.8) is 0 Å². The van der Waals surface area contributed by atoms with E-state index in [-0.39, 0.29) is 17.9 Å². The summed E-state index contributed by atoms with van der Waals surface area (Å²) in [6.07, 6.45) is 8.71. The number of hydrogen-bond acceptors (Lipinski definition) is 3. The van der Waals surface area contributed by atoms with Crippen LogP contribution in [0, 0.1) is 12.3 Å². The third-order valence-electron chi connectivity index (χ3n) is 3.12. The van der Waals surface area contributed by atoms with Crippen LogP contribution in [0.5, 0.6) is 0 Å². The summed E-state index contributed by atoms with van der Waals surface area (Å²) in [6, 6.07) is 0.0703. The van der Waals surface area contributed by atoms with Crippen LogP contribution in [0.3, 0.4) is 0 Å². The highest BCUT2D eigenvalue weighted by Gasteiger charge is 2.30. The van der Waals surface area contributed by atoms with Crippen molar-refractivity contribution in [2.75, 3.05) is 6.54 Å². The number of nitrogens with zero attached hydrogens (tertiary/aromatic N) is 1. The number of amides is 1. The molecule has 0 aromatic heterocycles. The van der Waals surface area contributed by atoms with E-state index < -0.39 is 5.60 Å². The van der Waals surface area contributed by atoms with Crippen molar-refractivity contribution in [2.45, 2.75) is 64.5 Å². The van der Waals surface area contributed by atoms with Gasteiger partial charge in [-0.25, -0.2) is 4.79 Å². The molecular formula is C15H23NO3. The number of terminal acetylenes is 1. The number of hydrogen-bond donors (Lipinski definition) is 0. The topological polar surface area (TPSA) is 46.6 Å². The van der Waals surface area contributed by atoms with Crippen molar-refractivity contribution in [3.05, 3.63) is 0 Å². The van der Waals surface area contributed by atoms with Crippen molar-refractivity contribution in [3.8, 4) is 12.3 Å². The molecule has 1 heterocycles. The molecule has 0 saturated carbocycles. The Balaban J connectivity index is 2.59. The van der Waals surface area contributed by atoms with E-state index in [0.29, 0.717) is 19.4 Å². The molecule has 0 aromatic rings. The first-order valence-corrected chi connectivity index (χ1v) is 6.82. The number of piperidine rings is 1. The molecule has 0 aliphatic carbocycles. The lowest BCUT2D eigenvalue weighted by atomic mass is 9.97. The van der Waals surface area contributed by atoms with E-state index in [9.17, 15) is 9.59 Å². The smallest absolute Gasteiger partial charge is 0.410 e. The molecule has 1 aliphatic rings. The minimum Gasteiger partial charge on any atom is -0.444 e. The summed E-state index contributed by atoms with van der Waals surface area (Å²) >= 11 is 0. The van der Waals surface area contributed by atoms with Gasteiger partial charge in [0.05, 0.1) is 0 Å². The van der Waals surface area contributed by atoms with E-state index in [2.05, 4.69) is 5.92 Å². The lowest BCUT2D eigenvalue weighted by Gasteiger charge is -2.36. The van der Waals surface area contributed by atoms with Crippen molar-refractivity contribution in [2.24, 2.45) is 0 Å². The van der Waals surface area contributed by atoms with E-state index in [0.717, 1.165) is 19.3 Å². The summed E-state index contributed by atoms with van der Waals surface area (Å²) in [5, 5.41) is 0. The van der Waals surface area contributed by atoms with Crippen LogP contribution in [0.25, 0.3) is 0 Å². The highest BCUT2D eigenvalue weighted by atomic mass is 16.6. The second-order valence-electron chi connectivity index (χ2n) is 5.93. The number of ether oxygens (including phenoxy) is 1. The van der Waals surface area contributed by atoms with Crippen LogP contribution in [-0.4, -0.2) is 35.0 Å². The molecular weight excluding hydrogens is 242 g/mol. The van der Waals surface area contributed by atoms with Gasteiger partial charge in [0.25, 0.3) is 0 Å². The van der Waals surface area contributed by atoms with Crippen LogP contribution >= 0.6 is 0 Å². The number of carbonyl (C=O) groups is 2. The molecule has 1 unspecified atom stereocenters. The summed E-state index contributed by atoms with van der Waals surface area (Å²) in [7, 11) is 0. The molecule has 4 heteroatoms. The Kier molecular flexibility index (Phi) is 5.41. The van der Waals surface area contributed by atoms with Crippen LogP contribution in [-0.2, 0) is 9.53 Å². The summed E-state index contributed by atoms with van der Waals surface area (Å²) in [5.74, 6) is 1.91. The standard InChI is InChI=1S/C15H23NO3/c1-5-13(17)10-9-12-8-6-7-11-16(12)14(18)19-15(2,3)4/h1,12H,6-11H2,2-4H3. The van der Waals surface area contributed by atoms with Gasteiger partial charge in [-0.1, -0.05) is 0 Å². The van der Waals surface area contributed by atoms with E-state index in [1.54, 1.807) is 4.90 Å². The first-order valence-electron chi connectivity index (χ1n) is 6.82. The van der Waals surface area contributed by atoms with Gasteiger partial charge in [0, 0.05) is 19.0 Å². The van der Waals surface area contributed by atoms with Crippen LogP contribution in [0.4, 0.5) is 4.79 Å². The van der Waals surface area contributed by atoms with Gasteiger partial charge in [-0.15, -0.1) is 6.42 Å². The fourth-order valence-electron chi connectivity index (χ4n) is 2.23. The van der Waals surface area contributed by atoms with E-state index in [1.807, 2.05) is 20.8 Å². The van der Waals surface area contributed by atoms with Gasteiger partial charge < -0.3 is 9.64 Å². The predicted octanol–water partition coefficient (Wildman–Crippen LogP) is 2.76. The van der Waals surface area contributed by atoms with Gasteiger partial charge in [-0.05, 0) is 52.4 Å². The minimum atomic E-state index is -0.492. The Morgan fingerprint density at radius 3 is 2.63 bits per heavy atom. The monoisotopic (exact) mass is 265 g/mol. The number of likely N-dealkylation sites (tertiary alicyclic amines) is 1. The largest absolute Gasteiger partial charge is 0.444 e. The van der Waals surface area contributed by atoms with Crippen LogP contribution < -0.4 is 0 Å². The zero-order valence-corrected chi connectivity index (χ0v) is 12.1. The van der Waals surface area contributed by atoms with Crippen LogP contribution in [0.2, 0.25) is 0 Å². The second kappa shape index (κ2) is 6.60. The zero-order chi connectivity index (χ0) is 14.5. The van der Waals surface area contributed by atoms with Crippen molar-refractivity contribution < 1.29 is 14.3 Å². The molecule has 1 aliphatic heterocycles. The van der Waals surface area contributed by atoms with Crippen LogP contribution in [0.1, 0.15) is 52.9 Å². The summed E-state index contributed by atoms with van der Waals surface area (Å²) in [6.45, 7) is 6.26. The third kappa shape index (κ3) is 5.34. The first kappa shape index (κ1) is 15.6. The van der Waals surface area contributed by atoms with E-state index >= 15 is 0 Å². The molecule has 0 spiro atoms. The molecule has 19 heavy (non-hydrogen) atoms. The Hall–Kier alpha value is -1.50. The summed E-state index contributed by atoms with van der Waals surface area (Å²) in [5.41, 5.74) is -0.492. The summed E-state index contributed by atoms with van der Waals surface area (Å²) in [4.78, 5) is 25.1. The average molecular weight is 265 g/mol. The zero-order valence-electron chi connectivity index (χ0n) is 12.1. The van der Waals surface area contributed by atoms with Gasteiger partial charge >= 0.3 is 6.09 Å². The fourth-order valence-corrected chi connectivity index (χ4v) is 2.23. The molecule has 0 radical (unpaired) electrons. The lowest BCUT2D eigenvalue weighted by Crippen LogP contribution is -2.46.